The topological polar surface area (TPSA) is 109 Å². The second kappa shape index (κ2) is 37.5. The SMILES string of the molecule is CCCCC[N+](CCCCC)(CCCCC)CCCCC.CCCCC[N+](CCCCC)(CCCCC)CCCCC.O=C(O)c1ccccc1S(=O)(=O)c1ccccc1C(=O)O. The van der Waals surface area contributed by atoms with Crippen LogP contribution < -0.4 is 0 Å². The van der Waals surface area contributed by atoms with Crippen LogP contribution in [-0.4, -0.2) is 91.9 Å². The van der Waals surface area contributed by atoms with Crippen molar-refractivity contribution in [2.24, 2.45) is 0 Å². The molecule has 2 aromatic carbocycles. The molecule has 0 spiro atoms. The maximum absolute atomic E-state index is 12.6. The molecule has 0 bridgehead atoms. The number of hydrogen-bond donors (Lipinski definition) is 2. The van der Waals surface area contributed by atoms with Gasteiger partial charge in [-0.05, 0) is 127 Å². The van der Waals surface area contributed by atoms with Crippen molar-refractivity contribution < 1.29 is 37.2 Å². The molecule has 0 saturated carbocycles. The predicted octanol–water partition coefficient (Wildman–Crippen LogP) is 15.0. The largest absolute Gasteiger partial charge is 0.478 e. The first-order valence-electron chi connectivity index (χ1n) is 25.9. The van der Waals surface area contributed by atoms with Crippen LogP contribution in [0.2, 0.25) is 0 Å². The minimum atomic E-state index is -4.25. The summed E-state index contributed by atoms with van der Waals surface area (Å²) >= 11 is 0. The molecular formula is C54H98N2O6S+2. The lowest BCUT2D eigenvalue weighted by Gasteiger charge is -2.39. The zero-order valence-electron chi connectivity index (χ0n) is 42.1. The molecule has 0 atom stereocenters. The van der Waals surface area contributed by atoms with Gasteiger partial charge in [0, 0.05) is 0 Å². The quantitative estimate of drug-likeness (QED) is 0.0521. The molecule has 364 valence electrons. The summed E-state index contributed by atoms with van der Waals surface area (Å²) in [6.45, 7) is 30.3. The number of benzene rings is 2. The van der Waals surface area contributed by atoms with E-state index >= 15 is 0 Å². The number of hydrogen-bond acceptors (Lipinski definition) is 4. The van der Waals surface area contributed by atoms with Gasteiger partial charge in [0.25, 0.3) is 0 Å². The van der Waals surface area contributed by atoms with Gasteiger partial charge in [0.05, 0.1) is 73.3 Å². The maximum Gasteiger partial charge on any atom is 0.337 e. The van der Waals surface area contributed by atoms with Gasteiger partial charge in [-0.15, -0.1) is 0 Å². The standard InChI is InChI=1S/2C20H44N.C14H10O6S/c2*1-5-9-13-17-21(18-14-10-6-2,19-15-11-7-3)20-16-12-8-4;15-13(16)9-5-1-3-7-11(9)21(19,20)12-8-4-2-6-10(12)14(17)18/h2*5-20H2,1-4H3;1-8H,(H,15,16)(H,17,18)/q2*+1;. The van der Waals surface area contributed by atoms with Crippen LogP contribution >= 0.6 is 0 Å². The van der Waals surface area contributed by atoms with Crippen molar-refractivity contribution in [2.45, 2.75) is 219 Å². The third-order valence-electron chi connectivity index (χ3n) is 12.7. The molecule has 0 aliphatic rings. The second-order valence-corrected chi connectivity index (χ2v) is 20.1. The van der Waals surface area contributed by atoms with Crippen LogP contribution in [0.25, 0.3) is 0 Å². The Bertz CT molecular complexity index is 1350. The Morgan fingerprint density at radius 1 is 0.365 bits per heavy atom. The molecule has 9 heteroatoms. The van der Waals surface area contributed by atoms with Gasteiger partial charge in [-0.25, -0.2) is 18.0 Å². The molecule has 0 saturated heterocycles. The molecule has 0 fully saturated rings. The zero-order chi connectivity index (χ0) is 47.2. The fourth-order valence-corrected chi connectivity index (χ4v) is 10.4. The first kappa shape index (κ1) is 60.2. The number of aromatic carboxylic acids is 2. The van der Waals surface area contributed by atoms with E-state index in [1.807, 2.05) is 0 Å². The molecule has 0 aliphatic carbocycles. The highest BCUT2D eigenvalue weighted by molar-refractivity contribution is 7.91. The Labute approximate surface area is 388 Å². The highest BCUT2D eigenvalue weighted by Gasteiger charge is 2.29. The average molecular weight is 903 g/mol. The summed E-state index contributed by atoms with van der Waals surface area (Å²) < 4.78 is 28.0. The number of carboxylic acid groups (broad SMARTS) is 2. The van der Waals surface area contributed by atoms with Crippen LogP contribution in [-0.2, 0) is 9.84 Å². The van der Waals surface area contributed by atoms with E-state index in [0.29, 0.717) is 0 Å². The minimum Gasteiger partial charge on any atom is -0.478 e. The number of quaternary nitrogens is 2. The van der Waals surface area contributed by atoms with E-state index in [9.17, 15) is 18.0 Å². The molecule has 0 aromatic heterocycles. The van der Waals surface area contributed by atoms with Crippen molar-refractivity contribution in [1.29, 1.82) is 0 Å². The summed E-state index contributed by atoms with van der Waals surface area (Å²) in [5, 5.41) is 18.1. The van der Waals surface area contributed by atoms with E-state index in [0.717, 1.165) is 24.3 Å². The molecule has 0 radical (unpaired) electrons. The van der Waals surface area contributed by atoms with Crippen molar-refractivity contribution in [3.8, 4) is 0 Å². The summed E-state index contributed by atoms with van der Waals surface area (Å²) in [5.41, 5.74) is -0.810. The molecule has 63 heavy (non-hydrogen) atoms. The van der Waals surface area contributed by atoms with Gasteiger partial charge in [0.2, 0.25) is 9.84 Å². The molecule has 0 amide bonds. The second-order valence-electron chi connectivity index (χ2n) is 18.2. The minimum absolute atomic E-state index is 0.405. The van der Waals surface area contributed by atoms with Gasteiger partial charge in [0.15, 0.2) is 0 Å². The predicted molar refractivity (Wildman–Crippen MR) is 268 cm³/mol. The Morgan fingerprint density at radius 2 is 0.556 bits per heavy atom. The molecule has 8 nitrogen and oxygen atoms in total. The van der Waals surface area contributed by atoms with E-state index in [1.54, 1.807) is 0 Å². The number of nitrogens with zero attached hydrogens (tertiary/aromatic N) is 2. The van der Waals surface area contributed by atoms with Crippen molar-refractivity contribution in [3.63, 3.8) is 0 Å². The van der Waals surface area contributed by atoms with Gasteiger partial charge in [-0.2, -0.15) is 0 Å². The Hall–Kier alpha value is -2.75. The zero-order valence-corrected chi connectivity index (χ0v) is 42.9. The third-order valence-corrected chi connectivity index (χ3v) is 14.6. The summed E-state index contributed by atoms with van der Waals surface area (Å²) in [4.78, 5) is 21.4. The smallest absolute Gasteiger partial charge is 0.337 e. The average Bonchev–Trinajstić information content (AvgIpc) is 3.27. The highest BCUT2D eigenvalue weighted by atomic mass is 32.2. The van der Waals surface area contributed by atoms with E-state index < -0.39 is 42.7 Å². The molecule has 2 rings (SSSR count). The van der Waals surface area contributed by atoms with Crippen LogP contribution in [0.15, 0.2) is 58.3 Å². The van der Waals surface area contributed by atoms with Gasteiger partial charge >= 0.3 is 11.9 Å². The van der Waals surface area contributed by atoms with Crippen molar-refractivity contribution in [2.75, 3.05) is 52.4 Å². The molecule has 0 heterocycles. The molecule has 2 N–H and O–H groups in total. The van der Waals surface area contributed by atoms with Gasteiger partial charge in [0.1, 0.15) is 0 Å². The van der Waals surface area contributed by atoms with Crippen LogP contribution in [0.3, 0.4) is 0 Å². The van der Waals surface area contributed by atoms with Gasteiger partial charge < -0.3 is 19.2 Å². The molecule has 2 aromatic rings. The van der Waals surface area contributed by atoms with E-state index in [1.165, 1.54) is 240 Å². The van der Waals surface area contributed by atoms with Crippen LogP contribution in [0.4, 0.5) is 0 Å². The Balaban J connectivity index is 0.000000915. The highest BCUT2D eigenvalue weighted by Crippen LogP contribution is 2.27. The van der Waals surface area contributed by atoms with Gasteiger partial charge in [-0.3, -0.25) is 0 Å². The molecular weight excluding hydrogens is 805 g/mol. The first-order chi connectivity index (χ1) is 30.3. The summed E-state index contributed by atoms with van der Waals surface area (Å²) in [7, 11) is -4.25. The van der Waals surface area contributed by atoms with Crippen LogP contribution in [0.1, 0.15) is 230 Å². The summed E-state index contributed by atoms with van der Waals surface area (Å²) in [6.07, 6.45) is 33.8. The number of rotatable bonds is 36. The lowest BCUT2D eigenvalue weighted by Crippen LogP contribution is -2.50. The number of carboxylic acids is 2. The first-order valence-corrected chi connectivity index (χ1v) is 27.4. The fourth-order valence-electron chi connectivity index (χ4n) is 8.79. The van der Waals surface area contributed by atoms with Crippen molar-refractivity contribution >= 4 is 21.8 Å². The molecule has 0 unspecified atom stereocenters. The summed E-state index contributed by atoms with van der Waals surface area (Å²) in [5.74, 6) is -2.80. The van der Waals surface area contributed by atoms with Crippen molar-refractivity contribution in [3.05, 3.63) is 59.7 Å². The fraction of sp³-hybridized carbons (Fsp3) is 0.741. The van der Waals surface area contributed by atoms with E-state index in [-0.39, 0.29) is 0 Å². The summed E-state index contributed by atoms with van der Waals surface area (Å²) in [6, 6.07) is 10.1. The number of carbonyl (C=O) groups is 2. The Morgan fingerprint density at radius 3 is 0.730 bits per heavy atom. The Kier molecular flexibility index (Phi) is 35.8. The van der Waals surface area contributed by atoms with Crippen LogP contribution in [0.5, 0.6) is 0 Å². The van der Waals surface area contributed by atoms with Crippen LogP contribution in [0, 0.1) is 0 Å². The number of unbranched alkanes of at least 4 members (excludes halogenated alkanes) is 16. The lowest BCUT2D eigenvalue weighted by molar-refractivity contribution is -0.929. The lowest BCUT2D eigenvalue weighted by atomic mass is 10.1. The monoisotopic (exact) mass is 903 g/mol. The van der Waals surface area contributed by atoms with E-state index in [4.69, 9.17) is 10.2 Å². The normalized spacial score (nSPS) is 11.7. The molecule has 0 aliphatic heterocycles. The maximum atomic E-state index is 12.6. The van der Waals surface area contributed by atoms with Gasteiger partial charge in [-0.1, -0.05) is 131 Å². The van der Waals surface area contributed by atoms with E-state index in [2.05, 4.69) is 55.4 Å². The third kappa shape index (κ3) is 25.5. The van der Waals surface area contributed by atoms with Crippen molar-refractivity contribution in [1.82, 2.24) is 0 Å². The number of sulfone groups is 1.